The van der Waals surface area contributed by atoms with Gasteiger partial charge in [-0.25, -0.2) is 9.97 Å². The lowest BCUT2D eigenvalue weighted by Crippen LogP contribution is -2.32. The molecule has 0 spiro atoms. The van der Waals surface area contributed by atoms with Gasteiger partial charge in [0.2, 0.25) is 0 Å². The zero-order valence-electron chi connectivity index (χ0n) is 12.9. The molecule has 22 heavy (non-hydrogen) atoms. The van der Waals surface area contributed by atoms with E-state index in [1.807, 2.05) is 12.4 Å². The van der Waals surface area contributed by atoms with E-state index in [4.69, 9.17) is 4.98 Å². The minimum Gasteiger partial charge on any atom is -0.300 e. The minimum absolute atomic E-state index is 0.846. The summed E-state index contributed by atoms with van der Waals surface area (Å²) in [6.45, 7) is 4.74. The first-order chi connectivity index (χ1) is 10.8. The van der Waals surface area contributed by atoms with Gasteiger partial charge >= 0.3 is 0 Å². The molecule has 0 amide bonds. The molecule has 2 aromatic heterocycles. The van der Waals surface area contributed by atoms with E-state index < -0.39 is 0 Å². The van der Waals surface area contributed by atoms with Crippen LogP contribution in [-0.2, 0) is 32.5 Å². The Balaban J connectivity index is 1.49. The number of likely N-dealkylation sites (N-methyl/N-ethyl adjacent to an activating group) is 1. The summed E-state index contributed by atoms with van der Waals surface area (Å²) in [5.74, 6) is 0. The van der Waals surface area contributed by atoms with Crippen LogP contribution in [0.4, 0.5) is 0 Å². The Morgan fingerprint density at radius 1 is 1.00 bits per heavy atom. The van der Waals surface area contributed by atoms with Crippen molar-refractivity contribution in [2.75, 3.05) is 20.1 Å². The summed E-state index contributed by atoms with van der Waals surface area (Å²) in [6, 6.07) is 0. The number of fused-ring (bicyclic) bond motifs is 2. The topological polar surface area (TPSA) is 58.0 Å². The predicted octanol–water partition coefficient (Wildman–Crippen LogP) is 0.813. The minimum atomic E-state index is 0.846. The molecule has 0 atom stereocenters. The molecular weight excluding hydrogens is 276 g/mol. The molecular formula is C16H20N6. The fourth-order valence-electron chi connectivity index (χ4n) is 3.23. The number of rotatable bonds is 2. The largest absolute Gasteiger partial charge is 0.300 e. The van der Waals surface area contributed by atoms with Gasteiger partial charge in [0.25, 0.3) is 0 Å². The number of aromatic nitrogens is 4. The molecule has 0 fully saturated rings. The van der Waals surface area contributed by atoms with E-state index in [1.54, 1.807) is 6.33 Å². The van der Waals surface area contributed by atoms with E-state index in [-0.39, 0.29) is 0 Å². The van der Waals surface area contributed by atoms with E-state index in [2.05, 4.69) is 31.8 Å². The molecule has 0 radical (unpaired) electrons. The second-order valence-electron chi connectivity index (χ2n) is 6.20. The van der Waals surface area contributed by atoms with Crippen LogP contribution >= 0.6 is 0 Å². The highest BCUT2D eigenvalue weighted by molar-refractivity contribution is 5.20. The van der Waals surface area contributed by atoms with Crippen molar-refractivity contribution in [3.8, 4) is 0 Å². The Kier molecular flexibility index (Phi) is 3.56. The van der Waals surface area contributed by atoms with Gasteiger partial charge in [0.1, 0.15) is 6.33 Å². The Morgan fingerprint density at radius 3 is 2.86 bits per heavy atom. The number of hydrogen-bond donors (Lipinski definition) is 0. The second kappa shape index (κ2) is 5.70. The summed E-state index contributed by atoms with van der Waals surface area (Å²) in [5.41, 5.74) is 5.80. The van der Waals surface area contributed by atoms with Gasteiger partial charge in [0.15, 0.2) is 0 Å². The predicted molar refractivity (Wildman–Crippen MR) is 81.9 cm³/mol. The average molecular weight is 296 g/mol. The van der Waals surface area contributed by atoms with Crippen LogP contribution in [-0.4, -0.2) is 49.9 Å². The van der Waals surface area contributed by atoms with Crippen molar-refractivity contribution in [3.05, 3.63) is 47.1 Å². The molecule has 0 aliphatic carbocycles. The number of nitrogens with zero attached hydrogens (tertiary/aromatic N) is 6. The summed E-state index contributed by atoms with van der Waals surface area (Å²) >= 11 is 0. The SMILES string of the molecule is CN1CCc2ncc(CN3CCc4ncncc4C3)nc2C1. The first-order valence-corrected chi connectivity index (χ1v) is 7.80. The molecule has 2 aromatic rings. The van der Waals surface area contributed by atoms with Crippen molar-refractivity contribution >= 4 is 0 Å². The van der Waals surface area contributed by atoms with Gasteiger partial charge in [0.05, 0.1) is 23.3 Å². The highest BCUT2D eigenvalue weighted by atomic mass is 15.2. The fraction of sp³-hybridized carbons (Fsp3) is 0.500. The molecule has 0 saturated carbocycles. The van der Waals surface area contributed by atoms with E-state index in [0.717, 1.165) is 57.0 Å². The van der Waals surface area contributed by atoms with Gasteiger partial charge in [-0.1, -0.05) is 0 Å². The lowest BCUT2D eigenvalue weighted by Gasteiger charge is -2.28. The third-order valence-corrected chi connectivity index (χ3v) is 4.46. The van der Waals surface area contributed by atoms with Crippen molar-refractivity contribution in [1.29, 1.82) is 0 Å². The average Bonchev–Trinajstić information content (AvgIpc) is 2.54. The summed E-state index contributed by atoms with van der Waals surface area (Å²) in [5, 5.41) is 0. The Labute approximate surface area is 130 Å². The third-order valence-electron chi connectivity index (χ3n) is 4.46. The zero-order valence-corrected chi connectivity index (χ0v) is 12.9. The van der Waals surface area contributed by atoms with Crippen LogP contribution < -0.4 is 0 Å². The van der Waals surface area contributed by atoms with Crippen LogP contribution in [0.25, 0.3) is 0 Å². The Hall–Kier alpha value is -1.92. The third kappa shape index (κ3) is 2.71. The standard InChI is InChI=1S/C16H20N6/c1-21-4-2-15-16(10-21)20-13(7-18-15)9-22-5-3-14-12(8-22)6-17-11-19-14/h6-7,11H,2-5,8-10H2,1H3. The van der Waals surface area contributed by atoms with Crippen molar-refractivity contribution in [2.24, 2.45) is 0 Å². The molecule has 0 unspecified atom stereocenters. The molecule has 4 rings (SSSR count). The van der Waals surface area contributed by atoms with Gasteiger partial charge in [-0.3, -0.25) is 14.9 Å². The molecule has 2 aliphatic rings. The zero-order chi connectivity index (χ0) is 14.9. The fourth-order valence-corrected chi connectivity index (χ4v) is 3.23. The quantitative estimate of drug-likeness (QED) is 0.817. The van der Waals surface area contributed by atoms with Crippen molar-refractivity contribution < 1.29 is 0 Å². The number of hydrogen-bond acceptors (Lipinski definition) is 6. The van der Waals surface area contributed by atoms with Crippen molar-refractivity contribution in [1.82, 2.24) is 29.7 Å². The van der Waals surface area contributed by atoms with Crippen LogP contribution in [0, 0.1) is 0 Å². The summed E-state index contributed by atoms with van der Waals surface area (Å²) in [6.07, 6.45) is 7.51. The van der Waals surface area contributed by atoms with Gasteiger partial charge in [-0.15, -0.1) is 0 Å². The molecule has 6 nitrogen and oxygen atoms in total. The maximum atomic E-state index is 4.84. The molecule has 0 N–H and O–H groups in total. The molecule has 0 saturated heterocycles. The van der Waals surface area contributed by atoms with E-state index in [0.29, 0.717) is 0 Å². The highest BCUT2D eigenvalue weighted by Gasteiger charge is 2.20. The van der Waals surface area contributed by atoms with Crippen LogP contribution in [0.2, 0.25) is 0 Å². The van der Waals surface area contributed by atoms with Gasteiger partial charge in [0, 0.05) is 63.0 Å². The van der Waals surface area contributed by atoms with Gasteiger partial charge < -0.3 is 4.90 Å². The normalized spacial score (nSPS) is 18.8. The Bertz CT molecular complexity index is 686. The van der Waals surface area contributed by atoms with Crippen LogP contribution in [0.1, 0.15) is 28.3 Å². The van der Waals surface area contributed by atoms with Crippen molar-refractivity contribution in [3.63, 3.8) is 0 Å². The van der Waals surface area contributed by atoms with Gasteiger partial charge in [-0.05, 0) is 7.05 Å². The van der Waals surface area contributed by atoms with E-state index in [9.17, 15) is 0 Å². The Morgan fingerprint density at radius 2 is 1.91 bits per heavy atom. The molecule has 2 aliphatic heterocycles. The van der Waals surface area contributed by atoms with E-state index >= 15 is 0 Å². The first kappa shape index (κ1) is 13.7. The van der Waals surface area contributed by atoms with Crippen LogP contribution in [0.5, 0.6) is 0 Å². The highest BCUT2D eigenvalue weighted by Crippen LogP contribution is 2.18. The monoisotopic (exact) mass is 296 g/mol. The lowest BCUT2D eigenvalue weighted by atomic mass is 10.1. The molecule has 114 valence electrons. The smallest absolute Gasteiger partial charge is 0.115 e. The summed E-state index contributed by atoms with van der Waals surface area (Å²) < 4.78 is 0. The maximum absolute atomic E-state index is 4.84. The molecule has 0 aromatic carbocycles. The van der Waals surface area contributed by atoms with Crippen molar-refractivity contribution in [2.45, 2.75) is 32.5 Å². The molecule has 0 bridgehead atoms. The maximum Gasteiger partial charge on any atom is 0.115 e. The second-order valence-corrected chi connectivity index (χ2v) is 6.20. The van der Waals surface area contributed by atoms with Crippen LogP contribution in [0.15, 0.2) is 18.7 Å². The first-order valence-electron chi connectivity index (χ1n) is 7.80. The molecule has 6 heteroatoms. The summed E-state index contributed by atoms with van der Waals surface area (Å²) in [4.78, 5) is 22.6. The lowest BCUT2D eigenvalue weighted by molar-refractivity contribution is 0.238. The van der Waals surface area contributed by atoms with E-state index in [1.165, 1.54) is 17.0 Å². The van der Waals surface area contributed by atoms with Gasteiger partial charge in [-0.2, -0.15) is 0 Å². The summed E-state index contributed by atoms with van der Waals surface area (Å²) in [7, 11) is 2.14. The molecule has 4 heterocycles. The van der Waals surface area contributed by atoms with Crippen LogP contribution in [0.3, 0.4) is 0 Å².